The minimum atomic E-state index is -4.29. The first-order valence-corrected chi connectivity index (χ1v) is 5.13. The minimum Gasteiger partial charge on any atom is -0.331 e. The smallest absolute Gasteiger partial charge is 0.331 e. The molecule has 0 saturated carbocycles. The molecule has 1 aromatic rings. The van der Waals surface area contributed by atoms with Crippen LogP contribution in [0.25, 0.3) is 0 Å². The molecule has 0 fully saturated rings. The molecule has 0 aliphatic carbocycles. The zero-order valence-electron chi connectivity index (χ0n) is 8.63. The summed E-state index contributed by atoms with van der Waals surface area (Å²) in [5.74, 6) is 0.144. The highest BCUT2D eigenvalue weighted by Crippen LogP contribution is 2.19. The standard InChI is InChI=1S/C9H11ClF3N3/c1-7-2-4-14-8(15-7)16(5-3-10)6-9(11,12)13/h2,4H,3,5-6H2,1H3. The van der Waals surface area contributed by atoms with Crippen LogP contribution < -0.4 is 4.90 Å². The predicted octanol–water partition coefficient (Wildman–Crippen LogP) is 2.39. The molecular weight excluding hydrogens is 243 g/mol. The Balaban J connectivity index is 2.85. The van der Waals surface area contributed by atoms with Crippen LogP contribution in [-0.4, -0.2) is 35.1 Å². The van der Waals surface area contributed by atoms with Crippen LogP contribution in [0.5, 0.6) is 0 Å². The summed E-state index contributed by atoms with van der Waals surface area (Å²) in [6.07, 6.45) is -2.87. The molecule has 0 unspecified atom stereocenters. The second kappa shape index (κ2) is 5.34. The number of hydrogen-bond acceptors (Lipinski definition) is 3. The Morgan fingerprint density at radius 1 is 1.44 bits per heavy atom. The summed E-state index contributed by atoms with van der Waals surface area (Å²) in [4.78, 5) is 8.75. The van der Waals surface area contributed by atoms with Gasteiger partial charge in [0.1, 0.15) is 6.54 Å². The molecule has 7 heteroatoms. The van der Waals surface area contributed by atoms with Gasteiger partial charge in [-0.1, -0.05) is 0 Å². The van der Waals surface area contributed by atoms with E-state index < -0.39 is 12.7 Å². The first-order chi connectivity index (χ1) is 7.42. The molecule has 0 radical (unpaired) electrons. The van der Waals surface area contributed by atoms with E-state index in [0.717, 1.165) is 4.90 Å². The van der Waals surface area contributed by atoms with E-state index in [-0.39, 0.29) is 18.4 Å². The molecule has 0 spiro atoms. The van der Waals surface area contributed by atoms with E-state index in [4.69, 9.17) is 11.6 Å². The van der Waals surface area contributed by atoms with Gasteiger partial charge in [0.05, 0.1) is 0 Å². The van der Waals surface area contributed by atoms with E-state index in [1.807, 2.05) is 0 Å². The van der Waals surface area contributed by atoms with E-state index in [0.29, 0.717) is 5.69 Å². The normalized spacial score (nSPS) is 11.6. The summed E-state index contributed by atoms with van der Waals surface area (Å²) in [5, 5.41) is 0. The largest absolute Gasteiger partial charge is 0.406 e. The fraction of sp³-hybridized carbons (Fsp3) is 0.556. The van der Waals surface area contributed by atoms with Crippen LogP contribution in [0.3, 0.4) is 0 Å². The van der Waals surface area contributed by atoms with E-state index in [2.05, 4.69) is 9.97 Å². The maximum absolute atomic E-state index is 12.3. The van der Waals surface area contributed by atoms with Crippen molar-refractivity contribution in [3.05, 3.63) is 18.0 Å². The summed E-state index contributed by atoms with van der Waals surface area (Å²) in [7, 11) is 0. The fourth-order valence-corrected chi connectivity index (χ4v) is 1.36. The minimum absolute atomic E-state index is 0.0537. The van der Waals surface area contributed by atoms with Crippen molar-refractivity contribution in [3.8, 4) is 0 Å². The van der Waals surface area contributed by atoms with Gasteiger partial charge in [-0.2, -0.15) is 13.2 Å². The molecule has 0 bridgehead atoms. The van der Waals surface area contributed by atoms with Crippen molar-refractivity contribution in [3.63, 3.8) is 0 Å². The van der Waals surface area contributed by atoms with Crippen LogP contribution in [0.4, 0.5) is 19.1 Å². The van der Waals surface area contributed by atoms with Crippen molar-refractivity contribution in [2.24, 2.45) is 0 Å². The molecule has 0 aliphatic heterocycles. The molecule has 0 saturated heterocycles. The topological polar surface area (TPSA) is 29.0 Å². The zero-order valence-corrected chi connectivity index (χ0v) is 9.39. The van der Waals surface area contributed by atoms with Crippen molar-refractivity contribution in [2.75, 3.05) is 23.9 Å². The lowest BCUT2D eigenvalue weighted by atomic mass is 10.4. The third kappa shape index (κ3) is 4.22. The summed E-state index contributed by atoms with van der Waals surface area (Å²) >= 11 is 5.45. The lowest BCUT2D eigenvalue weighted by molar-refractivity contribution is -0.119. The highest BCUT2D eigenvalue weighted by atomic mass is 35.5. The van der Waals surface area contributed by atoms with Gasteiger partial charge in [0, 0.05) is 24.3 Å². The Morgan fingerprint density at radius 2 is 2.12 bits per heavy atom. The average Bonchev–Trinajstić information content (AvgIpc) is 2.15. The molecule has 0 amide bonds. The average molecular weight is 254 g/mol. The monoisotopic (exact) mass is 253 g/mol. The first-order valence-electron chi connectivity index (χ1n) is 4.59. The van der Waals surface area contributed by atoms with Crippen molar-refractivity contribution < 1.29 is 13.2 Å². The molecule has 0 aliphatic rings. The number of nitrogens with zero attached hydrogens (tertiary/aromatic N) is 3. The van der Waals surface area contributed by atoms with Crippen LogP contribution in [0.15, 0.2) is 12.3 Å². The molecule has 0 N–H and O–H groups in total. The first kappa shape index (κ1) is 13.0. The van der Waals surface area contributed by atoms with Gasteiger partial charge in [0.2, 0.25) is 5.95 Å². The molecule has 3 nitrogen and oxygen atoms in total. The van der Waals surface area contributed by atoms with Crippen molar-refractivity contribution in [2.45, 2.75) is 13.1 Å². The van der Waals surface area contributed by atoms with Crippen LogP contribution in [0.1, 0.15) is 5.69 Å². The van der Waals surface area contributed by atoms with Gasteiger partial charge in [-0.25, -0.2) is 9.97 Å². The Labute approximate surface area is 96.3 Å². The summed E-state index contributed by atoms with van der Waals surface area (Å²) in [5.41, 5.74) is 0.617. The van der Waals surface area contributed by atoms with Gasteiger partial charge in [-0.05, 0) is 13.0 Å². The van der Waals surface area contributed by atoms with Gasteiger partial charge in [-0.15, -0.1) is 11.6 Å². The van der Waals surface area contributed by atoms with Crippen molar-refractivity contribution in [1.29, 1.82) is 0 Å². The third-order valence-corrected chi connectivity index (χ3v) is 1.96. The SMILES string of the molecule is Cc1ccnc(N(CCCl)CC(F)(F)F)n1. The predicted molar refractivity (Wildman–Crippen MR) is 55.8 cm³/mol. The summed E-state index contributed by atoms with van der Waals surface area (Å²) in [6, 6.07) is 1.62. The molecule has 1 heterocycles. The quantitative estimate of drug-likeness (QED) is 0.772. The van der Waals surface area contributed by atoms with Crippen molar-refractivity contribution >= 4 is 17.5 Å². The van der Waals surface area contributed by atoms with Crippen LogP contribution >= 0.6 is 11.6 Å². The molecule has 0 atom stereocenters. The second-order valence-electron chi connectivity index (χ2n) is 3.22. The molecule has 0 aromatic carbocycles. The Hall–Kier alpha value is -1.04. The van der Waals surface area contributed by atoms with E-state index in [9.17, 15) is 13.2 Å². The Bertz CT molecular complexity index is 343. The van der Waals surface area contributed by atoms with Gasteiger partial charge in [-0.3, -0.25) is 0 Å². The van der Waals surface area contributed by atoms with Gasteiger partial charge in [0.25, 0.3) is 0 Å². The van der Waals surface area contributed by atoms with Crippen LogP contribution in [0.2, 0.25) is 0 Å². The van der Waals surface area contributed by atoms with Crippen molar-refractivity contribution in [1.82, 2.24) is 9.97 Å². The molecule has 16 heavy (non-hydrogen) atoms. The molecule has 1 aromatic heterocycles. The van der Waals surface area contributed by atoms with E-state index in [1.165, 1.54) is 6.20 Å². The van der Waals surface area contributed by atoms with Gasteiger partial charge >= 0.3 is 6.18 Å². The Morgan fingerprint density at radius 3 is 2.62 bits per heavy atom. The number of rotatable bonds is 4. The second-order valence-corrected chi connectivity index (χ2v) is 3.60. The number of alkyl halides is 4. The van der Waals surface area contributed by atoms with Crippen LogP contribution in [-0.2, 0) is 0 Å². The third-order valence-electron chi connectivity index (χ3n) is 1.79. The molecular formula is C9H11ClF3N3. The van der Waals surface area contributed by atoms with E-state index in [1.54, 1.807) is 13.0 Å². The zero-order chi connectivity index (χ0) is 12.2. The maximum atomic E-state index is 12.3. The van der Waals surface area contributed by atoms with Crippen LogP contribution in [0, 0.1) is 6.92 Å². The lowest BCUT2D eigenvalue weighted by Crippen LogP contribution is -2.36. The van der Waals surface area contributed by atoms with E-state index >= 15 is 0 Å². The van der Waals surface area contributed by atoms with Gasteiger partial charge in [0.15, 0.2) is 0 Å². The highest BCUT2D eigenvalue weighted by molar-refractivity contribution is 6.18. The fourth-order valence-electron chi connectivity index (χ4n) is 1.16. The number of anilines is 1. The molecule has 1 rings (SSSR count). The lowest BCUT2D eigenvalue weighted by Gasteiger charge is -2.22. The number of halogens is 4. The van der Waals surface area contributed by atoms with Gasteiger partial charge < -0.3 is 4.90 Å². The number of aryl methyl sites for hydroxylation is 1. The highest BCUT2D eigenvalue weighted by Gasteiger charge is 2.31. The number of hydrogen-bond donors (Lipinski definition) is 0. The Kier molecular flexibility index (Phi) is 4.35. The summed E-state index contributed by atoms with van der Waals surface area (Å²) < 4.78 is 36.8. The maximum Gasteiger partial charge on any atom is 0.406 e. The number of aromatic nitrogens is 2. The molecule has 90 valence electrons. The summed E-state index contributed by atoms with van der Waals surface area (Å²) in [6.45, 7) is 0.658.